The van der Waals surface area contributed by atoms with Gasteiger partial charge in [0.2, 0.25) is 5.78 Å². The molecule has 0 amide bonds. The van der Waals surface area contributed by atoms with Gasteiger partial charge in [-0.2, -0.15) is 0 Å². The lowest BCUT2D eigenvalue weighted by molar-refractivity contribution is 0.0686. The quantitative estimate of drug-likeness (QED) is 0.791. The number of nitrogens with zero attached hydrogens (tertiary/aromatic N) is 3. The van der Waals surface area contributed by atoms with Crippen LogP contribution in [-0.2, 0) is 7.05 Å². The van der Waals surface area contributed by atoms with Crippen LogP contribution in [0.5, 0.6) is 5.75 Å². The molecule has 1 N–H and O–H groups in total. The summed E-state index contributed by atoms with van der Waals surface area (Å²) in [6, 6.07) is 7.57. The number of aromatic carboxylic acids is 1. The minimum atomic E-state index is -0.971. The lowest BCUT2D eigenvalue weighted by atomic mass is 10.1. The third-order valence-corrected chi connectivity index (χ3v) is 3.22. The number of methoxy groups -OCH3 is 1. The number of carbonyl (C=O) groups is 1. The first-order valence-corrected chi connectivity index (χ1v) is 6.02. The predicted octanol–water partition coefficient (Wildman–Crippen LogP) is 2.05. The molecule has 0 saturated carbocycles. The molecule has 0 fully saturated rings. The number of hydrogen-bond donors (Lipinski definition) is 1. The second kappa shape index (κ2) is 4.41. The summed E-state index contributed by atoms with van der Waals surface area (Å²) in [4.78, 5) is 15.5. The Labute approximate surface area is 114 Å². The van der Waals surface area contributed by atoms with Crippen LogP contribution in [0.15, 0.2) is 36.7 Å². The first-order valence-electron chi connectivity index (χ1n) is 6.02. The smallest absolute Gasteiger partial charge is 0.354 e. The van der Waals surface area contributed by atoms with Gasteiger partial charge in [0.15, 0.2) is 0 Å². The number of fused-ring (bicyclic) bond motifs is 1. The van der Waals surface area contributed by atoms with Gasteiger partial charge in [0.1, 0.15) is 11.4 Å². The fraction of sp³-hybridized carbons (Fsp3) is 0.143. The van der Waals surface area contributed by atoms with Gasteiger partial charge in [-0.25, -0.2) is 9.78 Å². The Morgan fingerprint density at radius 1 is 1.35 bits per heavy atom. The van der Waals surface area contributed by atoms with Crippen molar-refractivity contribution in [2.24, 2.45) is 7.05 Å². The summed E-state index contributed by atoms with van der Waals surface area (Å²) in [6.45, 7) is 0. The molecule has 0 unspecified atom stereocenters. The molecule has 0 radical (unpaired) electrons. The zero-order chi connectivity index (χ0) is 14.3. The predicted molar refractivity (Wildman–Crippen MR) is 73.1 cm³/mol. The first kappa shape index (κ1) is 12.3. The summed E-state index contributed by atoms with van der Waals surface area (Å²) in [5, 5.41) is 9.06. The molecular formula is C14H13N3O3. The number of hydrogen-bond acceptors (Lipinski definition) is 3. The Morgan fingerprint density at radius 3 is 2.80 bits per heavy atom. The van der Waals surface area contributed by atoms with Crippen molar-refractivity contribution >= 4 is 11.7 Å². The van der Waals surface area contributed by atoms with Gasteiger partial charge in [-0.1, -0.05) is 12.1 Å². The number of aryl methyl sites for hydroxylation is 1. The highest BCUT2D eigenvalue weighted by atomic mass is 16.5. The van der Waals surface area contributed by atoms with Crippen LogP contribution in [-0.4, -0.2) is 32.1 Å². The number of ether oxygens (including phenoxy) is 1. The standard InChI is InChI=1S/C14H13N3O3/c1-16-12(13(18)19)8-17-7-11(15-14(16)17)9-4-3-5-10(6-9)20-2/h3-8H,1-2H3,(H,18,19). The van der Waals surface area contributed by atoms with E-state index in [1.165, 1.54) is 0 Å². The highest BCUT2D eigenvalue weighted by molar-refractivity contribution is 5.86. The van der Waals surface area contributed by atoms with E-state index < -0.39 is 5.97 Å². The van der Waals surface area contributed by atoms with Gasteiger partial charge >= 0.3 is 5.97 Å². The van der Waals surface area contributed by atoms with Gasteiger partial charge in [-0.15, -0.1) is 0 Å². The molecule has 0 aliphatic heterocycles. The number of aromatic nitrogens is 3. The third kappa shape index (κ3) is 1.82. The zero-order valence-corrected chi connectivity index (χ0v) is 11.1. The largest absolute Gasteiger partial charge is 0.497 e. The summed E-state index contributed by atoms with van der Waals surface area (Å²) in [5.41, 5.74) is 1.89. The molecular weight excluding hydrogens is 258 g/mol. The van der Waals surface area contributed by atoms with E-state index in [9.17, 15) is 4.79 Å². The molecule has 6 nitrogen and oxygen atoms in total. The monoisotopic (exact) mass is 271 g/mol. The number of benzene rings is 1. The van der Waals surface area contributed by atoms with Crippen LogP contribution >= 0.6 is 0 Å². The van der Waals surface area contributed by atoms with Crippen LogP contribution in [0.2, 0.25) is 0 Å². The molecule has 6 heteroatoms. The van der Waals surface area contributed by atoms with Gasteiger partial charge in [-0.05, 0) is 12.1 Å². The Balaban J connectivity index is 2.11. The lowest BCUT2D eigenvalue weighted by Crippen LogP contribution is -2.04. The Morgan fingerprint density at radius 2 is 2.15 bits per heavy atom. The van der Waals surface area contributed by atoms with E-state index in [4.69, 9.17) is 9.84 Å². The zero-order valence-electron chi connectivity index (χ0n) is 11.1. The molecule has 20 heavy (non-hydrogen) atoms. The Hall–Kier alpha value is -2.76. The van der Waals surface area contributed by atoms with E-state index >= 15 is 0 Å². The van der Waals surface area contributed by atoms with E-state index in [1.807, 2.05) is 24.3 Å². The van der Waals surface area contributed by atoms with Gasteiger partial charge in [0.05, 0.1) is 12.8 Å². The van der Waals surface area contributed by atoms with Crippen LogP contribution in [0, 0.1) is 0 Å². The van der Waals surface area contributed by atoms with Crippen molar-refractivity contribution in [3.63, 3.8) is 0 Å². The van der Waals surface area contributed by atoms with Crippen molar-refractivity contribution in [2.75, 3.05) is 7.11 Å². The molecule has 0 bridgehead atoms. The molecule has 3 aromatic rings. The van der Waals surface area contributed by atoms with Crippen LogP contribution in [0.3, 0.4) is 0 Å². The average molecular weight is 271 g/mol. The van der Waals surface area contributed by atoms with Crippen molar-refractivity contribution in [3.8, 4) is 17.0 Å². The molecule has 3 rings (SSSR count). The fourth-order valence-corrected chi connectivity index (χ4v) is 2.17. The summed E-state index contributed by atoms with van der Waals surface area (Å²) in [6.07, 6.45) is 3.35. The summed E-state index contributed by atoms with van der Waals surface area (Å²) in [7, 11) is 3.29. The number of imidazole rings is 2. The van der Waals surface area contributed by atoms with E-state index in [-0.39, 0.29) is 5.69 Å². The van der Waals surface area contributed by atoms with Crippen molar-refractivity contribution in [1.82, 2.24) is 14.0 Å². The van der Waals surface area contributed by atoms with E-state index in [0.717, 1.165) is 17.0 Å². The maximum Gasteiger partial charge on any atom is 0.354 e. The van der Waals surface area contributed by atoms with Gasteiger partial charge < -0.3 is 14.4 Å². The topological polar surface area (TPSA) is 68.8 Å². The highest BCUT2D eigenvalue weighted by Gasteiger charge is 2.15. The van der Waals surface area contributed by atoms with Crippen molar-refractivity contribution < 1.29 is 14.6 Å². The SMILES string of the molecule is COc1cccc(-c2cn3cc(C(=O)O)n(C)c3n2)c1. The molecule has 0 spiro atoms. The van der Waals surface area contributed by atoms with Crippen LogP contribution in [0.4, 0.5) is 0 Å². The van der Waals surface area contributed by atoms with Gasteiger partial charge in [0, 0.05) is 25.0 Å². The molecule has 0 aliphatic rings. The maximum atomic E-state index is 11.0. The van der Waals surface area contributed by atoms with E-state index in [1.54, 1.807) is 35.5 Å². The van der Waals surface area contributed by atoms with E-state index in [0.29, 0.717) is 5.78 Å². The first-order chi connectivity index (χ1) is 9.60. The molecule has 1 aromatic carbocycles. The summed E-state index contributed by atoms with van der Waals surface area (Å²) in [5.74, 6) is 0.368. The Kier molecular flexibility index (Phi) is 2.71. The second-order valence-electron chi connectivity index (χ2n) is 4.44. The fourth-order valence-electron chi connectivity index (χ4n) is 2.17. The molecule has 2 aromatic heterocycles. The highest BCUT2D eigenvalue weighted by Crippen LogP contribution is 2.24. The van der Waals surface area contributed by atoms with Crippen molar-refractivity contribution in [1.29, 1.82) is 0 Å². The van der Waals surface area contributed by atoms with Crippen LogP contribution in [0.1, 0.15) is 10.5 Å². The number of carboxylic acid groups (broad SMARTS) is 1. The van der Waals surface area contributed by atoms with Crippen LogP contribution in [0.25, 0.3) is 17.0 Å². The van der Waals surface area contributed by atoms with Crippen LogP contribution < -0.4 is 4.74 Å². The number of carboxylic acids is 1. The normalized spacial score (nSPS) is 10.9. The Bertz CT molecular complexity index is 801. The minimum absolute atomic E-state index is 0.199. The minimum Gasteiger partial charge on any atom is -0.497 e. The molecule has 0 aliphatic carbocycles. The van der Waals surface area contributed by atoms with Gasteiger partial charge in [0.25, 0.3) is 0 Å². The molecule has 2 heterocycles. The average Bonchev–Trinajstić information content (AvgIpc) is 2.99. The maximum absolute atomic E-state index is 11.0. The van der Waals surface area contributed by atoms with Crippen molar-refractivity contribution in [2.45, 2.75) is 0 Å². The summed E-state index contributed by atoms with van der Waals surface area (Å²) < 4.78 is 8.44. The van der Waals surface area contributed by atoms with E-state index in [2.05, 4.69) is 4.98 Å². The second-order valence-corrected chi connectivity index (χ2v) is 4.44. The lowest BCUT2D eigenvalue weighted by Gasteiger charge is -2.01. The molecule has 0 atom stereocenters. The molecule has 0 saturated heterocycles. The number of rotatable bonds is 3. The third-order valence-electron chi connectivity index (χ3n) is 3.22. The van der Waals surface area contributed by atoms with Gasteiger partial charge in [-0.3, -0.25) is 4.40 Å². The molecule has 102 valence electrons. The van der Waals surface area contributed by atoms with Crippen molar-refractivity contribution in [3.05, 3.63) is 42.4 Å². The summed E-state index contributed by atoms with van der Waals surface area (Å²) >= 11 is 0.